The Morgan fingerprint density at radius 1 is 1.41 bits per heavy atom. The van der Waals surface area contributed by atoms with Crippen LogP contribution in [-0.4, -0.2) is 49.6 Å². The molecule has 0 radical (unpaired) electrons. The number of amides is 1. The fraction of sp³-hybridized carbons (Fsp3) is 0.917. The molecular formula is C12H24ClN3O. The van der Waals surface area contributed by atoms with Gasteiger partial charge in [-0.05, 0) is 52.2 Å². The van der Waals surface area contributed by atoms with Gasteiger partial charge in [-0.25, -0.2) is 0 Å². The zero-order valence-corrected chi connectivity index (χ0v) is 11.6. The van der Waals surface area contributed by atoms with Gasteiger partial charge in [0.2, 0.25) is 5.91 Å². The fourth-order valence-corrected chi connectivity index (χ4v) is 2.38. The van der Waals surface area contributed by atoms with Gasteiger partial charge in [-0.3, -0.25) is 9.69 Å². The third kappa shape index (κ3) is 4.12. The zero-order chi connectivity index (χ0) is 11.5. The van der Waals surface area contributed by atoms with E-state index in [9.17, 15) is 4.79 Å². The fourth-order valence-electron chi connectivity index (χ4n) is 2.38. The zero-order valence-electron chi connectivity index (χ0n) is 10.7. The van der Waals surface area contributed by atoms with Crippen LogP contribution in [0.4, 0.5) is 0 Å². The van der Waals surface area contributed by atoms with Crippen molar-refractivity contribution in [1.82, 2.24) is 15.5 Å². The maximum Gasteiger partial charge on any atom is 0.237 e. The van der Waals surface area contributed by atoms with Crippen LogP contribution in [0.2, 0.25) is 0 Å². The molecule has 0 aromatic heterocycles. The Kier molecular flexibility index (Phi) is 5.70. The highest BCUT2D eigenvalue weighted by Gasteiger charge is 2.31. The van der Waals surface area contributed by atoms with Crippen molar-refractivity contribution >= 4 is 18.3 Å². The molecule has 2 unspecified atom stereocenters. The second kappa shape index (κ2) is 6.57. The monoisotopic (exact) mass is 261 g/mol. The lowest BCUT2D eigenvalue weighted by atomic mass is 10.1. The van der Waals surface area contributed by atoms with Gasteiger partial charge in [0.05, 0.1) is 6.04 Å². The SMILES string of the molecule is CNCC1CCN(C(C)C(=O)NC2CC2)C1.Cl. The van der Waals surface area contributed by atoms with Crippen LogP contribution in [0.15, 0.2) is 0 Å². The van der Waals surface area contributed by atoms with Gasteiger partial charge in [0.15, 0.2) is 0 Å². The van der Waals surface area contributed by atoms with Gasteiger partial charge in [0, 0.05) is 12.6 Å². The Morgan fingerprint density at radius 2 is 2.12 bits per heavy atom. The Bertz CT molecular complexity index is 258. The lowest BCUT2D eigenvalue weighted by Gasteiger charge is -2.23. The average Bonchev–Trinajstić information content (AvgIpc) is 2.95. The molecule has 1 saturated carbocycles. The number of rotatable bonds is 5. The molecule has 4 nitrogen and oxygen atoms in total. The van der Waals surface area contributed by atoms with Gasteiger partial charge in [-0.2, -0.15) is 0 Å². The Balaban J connectivity index is 0.00000144. The van der Waals surface area contributed by atoms with Crippen LogP contribution >= 0.6 is 12.4 Å². The minimum absolute atomic E-state index is 0. The number of hydrogen-bond acceptors (Lipinski definition) is 3. The number of nitrogens with zero attached hydrogens (tertiary/aromatic N) is 1. The van der Waals surface area contributed by atoms with Crippen LogP contribution in [0.3, 0.4) is 0 Å². The van der Waals surface area contributed by atoms with Crippen LogP contribution in [0.1, 0.15) is 26.2 Å². The molecule has 1 saturated heterocycles. The maximum absolute atomic E-state index is 11.9. The van der Waals surface area contributed by atoms with Crippen molar-refractivity contribution in [2.45, 2.75) is 38.3 Å². The average molecular weight is 262 g/mol. The van der Waals surface area contributed by atoms with E-state index >= 15 is 0 Å². The van der Waals surface area contributed by atoms with Crippen molar-refractivity contribution in [1.29, 1.82) is 0 Å². The van der Waals surface area contributed by atoms with Crippen molar-refractivity contribution < 1.29 is 4.79 Å². The summed E-state index contributed by atoms with van der Waals surface area (Å²) in [6, 6.07) is 0.521. The second-order valence-corrected chi connectivity index (χ2v) is 5.17. The highest BCUT2D eigenvalue weighted by molar-refractivity contribution is 5.85. The lowest BCUT2D eigenvalue weighted by molar-refractivity contribution is -0.125. The predicted octanol–water partition coefficient (Wildman–Crippen LogP) is 0.617. The van der Waals surface area contributed by atoms with Crippen molar-refractivity contribution in [3.05, 3.63) is 0 Å². The number of hydrogen-bond donors (Lipinski definition) is 2. The van der Waals surface area contributed by atoms with E-state index in [1.54, 1.807) is 0 Å². The molecule has 1 aliphatic carbocycles. The van der Waals surface area contributed by atoms with E-state index in [4.69, 9.17) is 0 Å². The molecule has 0 aromatic carbocycles. The molecule has 1 heterocycles. The van der Waals surface area contributed by atoms with Gasteiger partial charge < -0.3 is 10.6 Å². The molecule has 0 bridgehead atoms. The van der Waals surface area contributed by atoms with Crippen molar-refractivity contribution in [3.8, 4) is 0 Å². The van der Waals surface area contributed by atoms with E-state index in [-0.39, 0.29) is 24.4 Å². The van der Waals surface area contributed by atoms with Gasteiger partial charge in [0.25, 0.3) is 0 Å². The standard InChI is InChI=1S/C12H23N3O.ClH/c1-9(12(16)14-11-3-4-11)15-6-5-10(8-15)7-13-2;/h9-11,13H,3-8H2,1-2H3,(H,14,16);1H. The van der Waals surface area contributed by atoms with Crippen molar-refractivity contribution in [3.63, 3.8) is 0 Å². The van der Waals surface area contributed by atoms with Crippen LogP contribution in [0.25, 0.3) is 0 Å². The summed E-state index contributed by atoms with van der Waals surface area (Å²) in [6.45, 7) is 5.21. The normalized spacial score (nSPS) is 26.4. The van der Waals surface area contributed by atoms with Gasteiger partial charge >= 0.3 is 0 Å². The first-order valence-electron chi connectivity index (χ1n) is 6.39. The number of halogens is 1. The molecule has 1 aliphatic heterocycles. The summed E-state index contributed by atoms with van der Waals surface area (Å²) in [5.74, 6) is 0.925. The maximum atomic E-state index is 11.9. The van der Waals surface area contributed by atoms with Crippen LogP contribution in [-0.2, 0) is 4.79 Å². The van der Waals surface area contributed by atoms with E-state index in [0.717, 1.165) is 19.6 Å². The first-order chi connectivity index (χ1) is 7.70. The lowest BCUT2D eigenvalue weighted by Crippen LogP contribution is -2.45. The van der Waals surface area contributed by atoms with Gasteiger partial charge in [-0.15, -0.1) is 12.4 Å². The number of likely N-dealkylation sites (tertiary alicyclic amines) is 1. The minimum Gasteiger partial charge on any atom is -0.352 e. The van der Waals surface area contributed by atoms with E-state index in [1.807, 2.05) is 14.0 Å². The Labute approximate surface area is 110 Å². The summed E-state index contributed by atoms with van der Waals surface area (Å²) in [7, 11) is 1.99. The Morgan fingerprint density at radius 3 is 2.71 bits per heavy atom. The van der Waals surface area contributed by atoms with Gasteiger partial charge in [0.1, 0.15) is 0 Å². The molecule has 2 aliphatic rings. The van der Waals surface area contributed by atoms with Crippen molar-refractivity contribution in [2.75, 3.05) is 26.7 Å². The van der Waals surface area contributed by atoms with E-state index in [0.29, 0.717) is 12.0 Å². The first kappa shape index (κ1) is 14.7. The molecule has 2 rings (SSSR count). The molecule has 17 heavy (non-hydrogen) atoms. The highest BCUT2D eigenvalue weighted by Crippen LogP contribution is 2.21. The minimum atomic E-state index is 0. The van der Waals surface area contributed by atoms with E-state index in [2.05, 4.69) is 15.5 Å². The quantitative estimate of drug-likeness (QED) is 0.763. The van der Waals surface area contributed by atoms with Crippen LogP contribution in [0.5, 0.6) is 0 Å². The highest BCUT2D eigenvalue weighted by atomic mass is 35.5. The topological polar surface area (TPSA) is 44.4 Å². The molecule has 5 heteroatoms. The van der Waals surface area contributed by atoms with E-state index < -0.39 is 0 Å². The van der Waals surface area contributed by atoms with Gasteiger partial charge in [-0.1, -0.05) is 0 Å². The molecule has 1 amide bonds. The number of carbonyl (C=O) groups excluding carboxylic acids is 1. The molecule has 0 spiro atoms. The molecule has 2 fully saturated rings. The molecule has 2 atom stereocenters. The third-order valence-corrected chi connectivity index (χ3v) is 3.66. The summed E-state index contributed by atoms with van der Waals surface area (Å²) in [5, 5.41) is 6.29. The summed E-state index contributed by atoms with van der Waals surface area (Å²) in [6.07, 6.45) is 3.55. The van der Waals surface area contributed by atoms with Crippen molar-refractivity contribution in [2.24, 2.45) is 5.92 Å². The smallest absolute Gasteiger partial charge is 0.237 e. The second-order valence-electron chi connectivity index (χ2n) is 5.17. The summed E-state index contributed by atoms with van der Waals surface area (Å²) >= 11 is 0. The number of nitrogens with one attached hydrogen (secondary N) is 2. The van der Waals surface area contributed by atoms with Crippen LogP contribution in [0, 0.1) is 5.92 Å². The molecule has 2 N–H and O–H groups in total. The summed E-state index contributed by atoms with van der Waals surface area (Å²) in [5.41, 5.74) is 0. The number of carbonyl (C=O) groups is 1. The molecule has 100 valence electrons. The van der Waals surface area contributed by atoms with Crippen LogP contribution < -0.4 is 10.6 Å². The summed E-state index contributed by atoms with van der Waals surface area (Å²) in [4.78, 5) is 14.2. The molecule has 0 aromatic rings. The molecular weight excluding hydrogens is 238 g/mol. The summed E-state index contributed by atoms with van der Waals surface area (Å²) < 4.78 is 0. The van der Waals surface area contributed by atoms with E-state index in [1.165, 1.54) is 19.3 Å². The first-order valence-corrected chi connectivity index (χ1v) is 6.39. The predicted molar refractivity (Wildman–Crippen MR) is 71.5 cm³/mol. The third-order valence-electron chi connectivity index (χ3n) is 3.66. The Hall–Kier alpha value is -0.320. The largest absolute Gasteiger partial charge is 0.352 e.